The SMILES string of the molecule is CN(C)Cc1cccc(C2CN(c3nc(-c4ccncn4)cc(=O)n3C)CCO2)c1. The van der Waals surface area contributed by atoms with E-state index < -0.39 is 0 Å². The third-order valence-corrected chi connectivity index (χ3v) is 5.13. The maximum Gasteiger partial charge on any atom is 0.255 e. The average molecular weight is 406 g/mol. The first-order valence-electron chi connectivity index (χ1n) is 9.96. The monoisotopic (exact) mass is 406 g/mol. The van der Waals surface area contributed by atoms with Crippen LogP contribution in [0.25, 0.3) is 11.4 Å². The Hall–Kier alpha value is -3.10. The first kappa shape index (κ1) is 20.2. The van der Waals surface area contributed by atoms with Gasteiger partial charge >= 0.3 is 0 Å². The molecule has 1 aromatic carbocycles. The molecule has 1 fully saturated rings. The molecule has 1 atom stereocenters. The van der Waals surface area contributed by atoms with E-state index in [0.29, 0.717) is 37.0 Å². The van der Waals surface area contributed by atoms with E-state index in [0.717, 1.165) is 12.1 Å². The van der Waals surface area contributed by atoms with Crippen LogP contribution in [0.2, 0.25) is 0 Å². The highest BCUT2D eigenvalue weighted by molar-refractivity contribution is 5.55. The zero-order valence-corrected chi connectivity index (χ0v) is 17.5. The van der Waals surface area contributed by atoms with Crippen LogP contribution in [0.5, 0.6) is 0 Å². The van der Waals surface area contributed by atoms with Gasteiger partial charge in [-0.1, -0.05) is 24.3 Å². The van der Waals surface area contributed by atoms with Crippen molar-refractivity contribution in [2.24, 2.45) is 7.05 Å². The molecule has 1 aliphatic heterocycles. The molecule has 0 saturated carbocycles. The van der Waals surface area contributed by atoms with Crippen LogP contribution in [0.1, 0.15) is 17.2 Å². The summed E-state index contributed by atoms with van der Waals surface area (Å²) >= 11 is 0. The van der Waals surface area contributed by atoms with E-state index in [1.54, 1.807) is 23.9 Å². The van der Waals surface area contributed by atoms with E-state index in [4.69, 9.17) is 9.72 Å². The maximum atomic E-state index is 12.6. The summed E-state index contributed by atoms with van der Waals surface area (Å²) in [5.41, 5.74) is 3.44. The highest BCUT2D eigenvalue weighted by Gasteiger charge is 2.25. The van der Waals surface area contributed by atoms with Gasteiger partial charge in [0.15, 0.2) is 0 Å². The lowest BCUT2D eigenvalue weighted by atomic mass is 10.0. The molecular formula is C22H26N6O2. The molecule has 1 saturated heterocycles. The van der Waals surface area contributed by atoms with Crippen molar-refractivity contribution in [1.29, 1.82) is 0 Å². The van der Waals surface area contributed by atoms with Crippen LogP contribution >= 0.6 is 0 Å². The van der Waals surface area contributed by atoms with Crippen molar-refractivity contribution in [3.63, 3.8) is 0 Å². The molecule has 2 aromatic heterocycles. The van der Waals surface area contributed by atoms with Gasteiger partial charge in [0.2, 0.25) is 5.95 Å². The number of benzene rings is 1. The van der Waals surface area contributed by atoms with Gasteiger partial charge in [0.25, 0.3) is 5.56 Å². The molecule has 30 heavy (non-hydrogen) atoms. The Balaban J connectivity index is 1.62. The minimum absolute atomic E-state index is 0.0829. The molecule has 4 rings (SSSR count). The van der Waals surface area contributed by atoms with E-state index >= 15 is 0 Å². The highest BCUT2D eigenvalue weighted by atomic mass is 16.5. The Morgan fingerprint density at radius 1 is 1.20 bits per heavy atom. The highest BCUT2D eigenvalue weighted by Crippen LogP contribution is 2.26. The second kappa shape index (κ2) is 8.73. The van der Waals surface area contributed by atoms with Crippen molar-refractivity contribution in [2.45, 2.75) is 12.6 Å². The fraction of sp³-hybridized carbons (Fsp3) is 0.364. The first-order chi connectivity index (χ1) is 14.5. The second-order valence-electron chi connectivity index (χ2n) is 7.72. The van der Waals surface area contributed by atoms with Gasteiger partial charge in [-0.05, 0) is 31.3 Å². The largest absolute Gasteiger partial charge is 0.370 e. The van der Waals surface area contributed by atoms with Gasteiger partial charge < -0.3 is 14.5 Å². The summed E-state index contributed by atoms with van der Waals surface area (Å²) in [6, 6.07) is 11.7. The number of rotatable bonds is 5. The maximum absolute atomic E-state index is 12.6. The molecule has 0 N–H and O–H groups in total. The zero-order valence-electron chi connectivity index (χ0n) is 17.5. The molecule has 1 aliphatic rings. The van der Waals surface area contributed by atoms with E-state index in [1.165, 1.54) is 18.0 Å². The standard InChI is InChI=1S/C22H26N6O2/c1-26(2)13-16-5-4-6-17(11-16)20-14-28(9-10-30-20)22-25-19(12-21(29)27(22)3)18-7-8-23-15-24-18/h4-8,11-12,15,20H,9-10,13-14H2,1-3H3. The molecule has 0 amide bonds. The van der Waals surface area contributed by atoms with Crippen molar-refractivity contribution in [2.75, 3.05) is 38.7 Å². The summed E-state index contributed by atoms with van der Waals surface area (Å²) < 4.78 is 7.65. The molecule has 0 bridgehead atoms. The Labute approximate surface area is 175 Å². The predicted octanol–water partition coefficient (Wildman–Crippen LogP) is 1.88. The number of morpholine rings is 1. The second-order valence-corrected chi connectivity index (χ2v) is 7.72. The summed E-state index contributed by atoms with van der Waals surface area (Å²) in [5, 5.41) is 0. The molecule has 3 aromatic rings. The number of ether oxygens (including phenoxy) is 1. The van der Waals surface area contributed by atoms with Crippen LogP contribution < -0.4 is 10.5 Å². The van der Waals surface area contributed by atoms with Crippen LogP contribution in [0.4, 0.5) is 5.95 Å². The summed E-state index contributed by atoms with van der Waals surface area (Å²) in [6.07, 6.45) is 3.02. The lowest BCUT2D eigenvalue weighted by molar-refractivity contribution is 0.0389. The van der Waals surface area contributed by atoms with Crippen LogP contribution in [-0.2, 0) is 18.3 Å². The Morgan fingerprint density at radius 2 is 2.07 bits per heavy atom. The van der Waals surface area contributed by atoms with Gasteiger partial charge in [0.1, 0.15) is 12.4 Å². The van der Waals surface area contributed by atoms with Gasteiger partial charge in [0.05, 0.1) is 24.5 Å². The van der Waals surface area contributed by atoms with E-state index in [2.05, 4.69) is 58.1 Å². The molecule has 3 heterocycles. The predicted molar refractivity (Wildman–Crippen MR) is 115 cm³/mol. The van der Waals surface area contributed by atoms with Crippen molar-refractivity contribution in [1.82, 2.24) is 24.4 Å². The zero-order chi connectivity index (χ0) is 21.1. The summed E-state index contributed by atoms with van der Waals surface area (Å²) in [4.78, 5) is 29.8. The van der Waals surface area contributed by atoms with Gasteiger partial charge in [-0.2, -0.15) is 0 Å². The Kier molecular flexibility index (Phi) is 5.87. The van der Waals surface area contributed by atoms with Gasteiger partial charge in [-0.25, -0.2) is 15.0 Å². The van der Waals surface area contributed by atoms with E-state index in [1.807, 2.05) is 0 Å². The van der Waals surface area contributed by atoms with Crippen molar-refractivity contribution < 1.29 is 4.74 Å². The molecule has 0 aliphatic carbocycles. The van der Waals surface area contributed by atoms with Crippen LogP contribution in [-0.4, -0.2) is 58.2 Å². The summed E-state index contributed by atoms with van der Waals surface area (Å²) in [6.45, 7) is 2.73. The minimum atomic E-state index is -0.121. The average Bonchev–Trinajstić information content (AvgIpc) is 2.76. The number of hydrogen-bond donors (Lipinski definition) is 0. The molecule has 156 valence electrons. The number of hydrogen-bond acceptors (Lipinski definition) is 7. The molecule has 8 nitrogen and oxygen atoms in total. The van der Waals surface area contributed by atoms with Gasteiger partial charge in [-0.15, -0.1) is 0 Å². The van der Waals surface area contributed by atoms with Crippen LogP contribution in [0.15, 0.2) is 53.7 Å². The number of nitrogens with zero attached hydrogens (tertiary/aromatic N) is 6. The summed E-state index contributed by atoms with van der Waals surface area (Å²) in [5.74, 6) is 0.619. The Morgan fingerprint density at radius 3 is 2.83 bits per heavy atom. The molecule has 8 heteroatoms. The topological polar surface area (TPSA) is 76.4 Å². The number of aromatic nitrogens is 4. The fourth-order valence-electron chi connectivity index (χ4n) is 3.67. The summed E-state index contributed by atoms with van der Waals surface area (Å²) in [7, 11) is 5.86. The third-order valence-electron chi connectivity index (χ3n) is 5.13. The van der Waals surface area contributed by atoms with Crippen molar-refractivity contribution >= 4 is 5.95 Å². The molecule has 0 radical (unpaired) electrons. The quantitative estimate of drug-likeness (QED) is 0.640. The molecule has 1 unspecified atom stereocenters. The van der Waals surface area contributed by atoms with Gasteiger partial charge in [0, 0.05) is 32.4 Å². The van der Waals surface area contributed by atoms with E-state index in [9.17, 15) is 4.79 Å². The van der Waals surface area contributed by atoms with Gasteiger partial charge in [-0.3, -0.25) is 9.36 Å². The minimum Gasteiger partial charge on any atom is -0.370 e. The number of anilines is 1. The van der Waals surface area contributed by atoms with Crippen LogP contribution in [0, 0.1) is 0 Å². The smallest absolute Gasteiger partial charge is 0.255 e. The lowest BCUT2D eigenvalue weighted by Crippen LogP contribution is -2.41. The molecular weight excluding hydrogens is 380 g/mol. The van der Waals surface area contributed by atoms with Crippen LogP contribution in [0.3, 0.4) is 0 Å². The molecule has 0 spiro atoms. The Bertz CT molecular complexity index is 1070. The van der Waals surface area contributed by atoms with Crippen molar-refractivity contribution in [3.05, 3.63) is 70.4 Å². The third kappa shape index (κ3) is 4.39. The fourth-order valence-corrected chi connectivity index (χ4v) is 3.67. The first-order valence-corrected chi connectivity index (χ1v) is 9.96. The lowest BCUT2D eigenvalue weighted by Gasteiger charge is -2.34. The van der Waals surface area contributed by atoms with E-state index in [-0.39, 0.29) is 11.7 Å². The normalized spacial score (nSPS) is 16.8. The van der Waals surface area contributed by atoms with Crippen molar-refractivity contribution in [3.8, 4) is 11.4 Å².